The molecule has 0 amide bonds. The van der Waals surface area contributed by atoms with Gasteiger partial charge in [-0.1, -0.05) is 31.5 Å². The minimum Gasteiger partial charge on any atom is -0.307 e. The van der Waals surface area contributed by atoms with Crippen LogP contribution in [0.3, 0.4) is 0 Å². The first-order valence-corrected chi connectivity index (χ1v) is 6.50. The smallest absolute Gasteiger partial charge is 0.0409 e. The highest BCUT2D eigenvalue weighted by atomic mass is 35.5. The van der Waals surface area contributed by atoms with Crippen LogP contribution in [-0.2, 0) is 6.42 Å². The number of hydrogen-bond acceptors (Lipinski definition) is 1. The molecular formula is C14H20ClN. The van der Waals surface area contributed by atoms with Crippen LogP contribution in [0.15, 0.2) is 18.2 Å². The molecule has 2 heteroatoms. The van der Waals surface area contributed by atoms with Crippen molar-refractivity contribution in [1.82, 2.24) is 5.32 Å². The fraction of sp³-hybridized carbons (Fsp3) is 0.571. The Hall–Kier alpha value is -0.530. The van der Waals surface area contributed by atoms with Gasteiger partial charge in [0.2, 0.25) is 0 Å². The first kappa shape index (κ1) is 11.9. The number of aryl methyl sites for hydroxylation is 1. The van der Waals surface area contributed by atoms with Gasteiger partial charge in [0.05, 0.1) is 0 Å². The van der Waals surface area contributed by atoms with Crippen LogP contribution < -0.4 is 5.32 Å². The first-order valence-electron chi connectivity index (χ1n) is 6.12. The van der Waals surface area contributed by atoms with E-state index in [2.05, 4.69) is 38.2 Å². The van der Waals surface area contributed by atoms with Gasteiger partial charge in [-0.05, 0) is 48.9 Å². The molecule has 1 aromatic carbocycles. The molecule has 0 spiro atoms. The second kappa shape index (κ2) is 4.77. The maximum absolute atomic E-state index is 6.06. The molecule has 88 valence electrons. The van der Waals surface area contributed by atoms with Crippen molar-refractivity contribution >= 4 is 11.6 Å². The summed E-state index contributed by atoms with van der Waals surface area (Å²) in [6, 6.07) is 7.32. The number of benzene rings is 1. The van der Waals surface area contributed by atoms with Crippen molar-refractivity contribution in [2.75, 3.05) is 0 Å². The average molecular weight is 238 g/mol. The van der Waals surface area contributed by atoms with Crippen LogP contribution in [0.2, 0.25) is 5.02 Å². The van der Waals surface area contributed by atoms with Gasteiger partial charge in [0.25, 0.3) is 0 Å². The van der Waals surface area contributed by atoms with Crippen molar-refractivity contribution in [3.05, 3.63) is 34.3 Å². The van der Waals surface area contributed by atoms with E-state index in [1.807, 2.05) is 6.07 Å². The van der Waals surface area contributed by atoms with Crippen LogP contribution in [0.4, 0.5) is 0 Å². The van der Waals surface area contributed by atoms with Crippen LogP contribution in [0.25, 0.3) is 0 Å². The van der Waals surface area contributed by atoms with Crippen LogP contribution in [0.1, 0.15) is 44.4 Å². The molecule has 0 heterocycles. The lowest BCUT2D eigenvalue weighted by molar-refractivity contribution is 0.375. The van der Waals surface area contributed by atoms with E-state index < -0.39 is 0 Å². The van der Waals surface area contributed by atoms with E-state index in [9.17, 15) is 0 Å². The Labute approximate surface area is 103 Å². The van der Waals surface area contributed by atoms with E-state index in [1.54, 1.807) is 0 Å². The summed E-state index contributed by atoms with van der Waals surface area (Å²) in [7, 11) is 0. The molecule has 0 radical (unpaired) electrons. The molecule has 0 fully saturated rings. The van der Waals surface area contributed by atoms with Crippen LogP contribution in [0, 0.1) is 5.92 Å². The molecule has 1 aromatic rings. The monoisotopic (exact) mass is 237 g/mol. The van der Waals surface area contributed by atoms with E-state index in [4.69, 9.17) is 11.6 Å². The van der Waals surface area contributed by atoms with E-state index in [0.717, 1.165) is 5.02 Å². The number of fused-ring (bicyclic) bond motifs is 1. The topological polar surface area (TPSA) is 12.0 Å². The second-order valence-electron chi connectivity index (χ2n) is 5.13. The zero-order valence-electron chi connectivity index (χ0n) is 10.3. The normalized spacial score (nSPS) is 21.2. The highest BCUT2D eigenvalue weighted by Crippen LogP contribution is 2.33. The largest absolute Gasteiger partial charge is 0.307 e. The summed E-state index contributed by atoms with van der Waals surface area (Å²) >= 11 is 6.06. The minimum absolute atomic E-state index is 0.492. The van der Waals surface area contributed by atoms with Crippen molar-refractivity contribution < 1.29 is 0 Å². The molecule has 2 atom stereocenters. The highest BCUT2D eigenvalue weighted by molar-refractivity contribution is 6.30. The Morgan fingerprint density at radius 1 is 1.31 bits per heavy atom. The van der Waals surface area contributed by atoms with E-state index >= 15 is 0 Å². The third-order valence-electron chi connectivity index (χ3n) is 3.65. The summed E-state index contributed by atoms with van der Waals surface area (Å²) in [6.45, 7) is 6.77. The Morgan fingerprint density at radius 3 is 2.75 bits per heavy atom. The lowest BCUT2D eigenvalue weighted by Crippen LogP contribution is -2.33. The Bertz CT molecular complexity index is 373. The number of halogens is 1. The minimum atomic E-state index is 0.492. The molecule has 0 aliphatic heterocycles. The lowest BCUT2D eigenvalue weighted by atomic mass is 10.0. The summed E-state index contributed by atoms with van der Waals surface area (Å²) < 4.78 is 0. The van der Waals surface area contributed by atoms with Crippen molar-refractivity contribution in [2.45, 2.75) is 45.7 Å². The molecule has 16 heavy (non-hydrogen) atoms. The third kappa shape index (κ3) is 2.41. The molecule has 1 aliphatic rings. The van der Waals surface area contributed by atoms with Gasteiger partial charge in [0.15, 0.2) is 0 Å². The van der Waals surface area contributed by atoms with Gasteiger partial charge in [-0.2, -0.15) is 0 Å². The summed E-state index contributed by atoms with van der Waals surface area (Å²) in [5.74, 6) is 0.670. The van der Waals surface area contributed by atoms with Crippen molar-refractivity contribution in [3.63, 3.8) is 0 Å². The van der Waals surface area contributed by atoms with Gasteiger partial charge >= 0.3 is 0 Å². The Kier molecular flexibility index (Phi) is 3.56. The standard InChI is InChI=1S/C14H20ClN/c1-9(2)10(3)16-14-7-5-11-4-6-12(15)8-13(11)14/h4,6,8-10,14,16H,5,7H2,1-3H3. The summed E-state index contributed by atoms with van der Waals surface area (Å²) in [4.78, 5) is 0. The molecule has 1 nitrogen and oxygen atoms in total. The third-order valence-corrected chi connectivity index (χ3v) is 3.88. The molecular weight excluding hydrogens is 218 g/mol. The molecule has 1 aliphatic carbocycles. The van der Waals surface area contributed by atoms with Gasteiger partial charge in [-0.3, -0.25) is 0 Å². The number of nitrogens with one attached hydrogen (secondary N) is 1. The predicted octanol–water partition coefficient (Wildman–Crippen LogP) is 3.96. The fourth-order valence-corrected chi connectivity index (χ4v) is 2.44. The van der Waals surface area contributed by atoms with Gasteiger partial charge in [-0.15, -0.1) is 0 Å². The quantitative estimate of drug-likeness (QED) is 0.839. The maximum Gasteiger partial charge on any atom is 0.0409 e. The van der Waals surface area contributed by atoms with Crippen molar-refractivity contribution in [3.8, 4) is 0 Å². The van der Waals surface area contributed by atoms with E-state index in [1.165, 1.54) is 24.0 Å². The fourth-order valence-electron chi connectivity index (χ4n) is 2.26. The lowest BCUT2D eigenvalue weighted by Gasteiger charge is -2.23. The molecule has 0 aromatic heterocycles. The zero-order chi connectivity index (χ0) is 11.7. The van der Waals surface area contributed by atoms with Gasteiger partial charge < -0.3 is 5.32 Å². The van der Waals surface area contributed by atoms with Gasteiger partial charge in [-0.25, -0.2) is 0 Å². The molecule has 0 saturated heterocycles. The van der Waals surface area contributed by atoms with Crippen LogP contribution in [-0.4, -0.2) is 6.04 Å². The van der Waals surface area contributed by atoms with Gasteiger partial charge in [0.1, 0.15) is 0 Å². The number of rotatable bonds is 3. The summed E-state index contributed by atoms with van der Waals surface area (Å²) in [6.07, 6.45) is 2.38. The molecule has 1 N–H and O–H groups in total. The molecule has 2 rings (SSSR count). The maximum atomic E-state index is 6.06. The number of hydrogen-bond donors (Lipinski definition) is 1. The SMILES string of the molecule is CC(C)C(C)NC1CCc2ccc(Cl)cc21. The van der Waals surface area contributed by atoms with Crippen LogP contribution in [0.5, 0.6) is 0 Å². The molecule has 0 saturated carbocycles. The zero-order valence-corrected chi connectivity index (χ0v) is 11.0. The van der Waals surface area contributed by atoms with Crippen LogP contribution >= 0.6 is 11.6 Å². The average Bonchev–Trinajstić information content (AvgIpc) is 2.61. The molecule has 0 bridgehead atoms. The van der Waals surface area contributed by atoms with Crippen molar-refractivity contribution in [2.24, 2.45) is 5.92 Å². The highest BCUT2D eigenvalue weighted by Gasteiger charge is 2.24. The Balaban J connectivity index is 2.14. The van der Waals surface area contributed by atoms with Gasteiger partial charge in [0, 0.05) is 17.1 Å². The second-order valence-corrected chi connectivity index (χ2v) is 5.57. The van der Waals surface area contributed by atoms with E-state index in [0.29, 0.717) is 18.0 Å². The summed E-state index contributed by atoms with van der Waals surface area (Å²) in [5, 5.41) is 4.55. The van der Waals surface area contributed by atoms with E-state index in [-0.39, 0.29) is 0 Å². The Morgan fingerprint density at radius 2 is 2.06 bits per heavy atom. The predicted molar refractivity (Wildman–Crippen MR) is 69.9 cm³/mol. The molecule has 2 unspecified atom stereocenters. The first-order chi connectivity index (χ1) is 7.58. The summed E-state index contributed by atoms with van der Waals surface area (Å²) in [5.41, 5.74) is 2.86. The van der Waals surface area contributed by atoms with Crippen molar-refractivity contribution in [1.29, 1.82) is 0 Å².